The number of aromatic nitrogens is 2. The smallest absolute Gasteiger partial charge is 0.258 e. The molecule has 1 aromatic carbocycles. The Morgan fingerprint density at radius 3 is 2.50 bits per heavy atom. The second-order valence-corrected chi connectivity index (χ2v) is 5.32. The first-order valence-corrected chi connectivity index (χ1v) is 6.99. The van der Waals surface area contributed by atoms with E-state index in [1.165, 1.54) is 16.8 Å². The Morgan fingerprint density at radius 1 is 1.14 bits per heavy atom. The van der Waals surface area contributed by atoms with Gasteiger partial charge in [-0.15, -0.1) is 0 Å². The highest BCUT2D eigenvalue weighted by Gasteiger charge is 2.25. The monoisotopic (exact) mass is 302 g/mol. The second-order valence-electron chi connectivity index (χ2n) is 5.32. The van der Waals surface area contributed by atoms with Crippen molar-refractivity contribution >= 4 is 11.4 Å². The first-order valence-electron chi connectivity index (χ1n) is 6.99. The highest BCUT2D eigenvalue weighted by atomic mass is 16.6. The summed E-state index contributed by atoms with van der Waals surface area (Å²) in [5.41, 5.74) is 2.63. The van der Waals surface area contributed by atoms with Gasteiger partial charge in [-0.1, -0.05) is 0 Å². The Hall–Kier alpha value is -2.77. The van der Waals surface area contributed by atoms with E-state index in [1.54, 1.807) is 0 Å². The largest absolute Gasteiger partial charge is 0.301 e. The SMILES string of the molecule is Cc1c2c(nn1-c1ccc([N+](=O)[O-])cc1[N+](=O)[O-])CCCC2. The van der Waals surface area contributed by atoms with E-state index >= 15 is 0 Å². The number of nitrogens with zero attached hydrogens (tertiary/aromatic N) is 4. The minimum atomic E-state index is -0.641. The zero-order valence-corrected chi connectivity index (χ0v) is 12.0. The maximum Gasteiger partial charge on any atom is 0.301 e. The van der Waals surface area contributed by atoms with Gasteiger partial charge in [-0.05, 0) is 44.2 Å². The number of non-ortho nitro benzene ring substituents is 1. The minimum absolute atomic E-state index is 0.266. The molecule has 2 aromatic rings. The summed E-state index contributed by atoms with van der Waals surface area (Å²) in [6.45, 7) is 1.88. The topological polar surface area (TPSA) is 104 Å². The molecule has 114 valence electrons. The Kier molecular flexibility index (Phi) is 3.36. The van der Waals surface area contributed by atoms with Crippen molar-refractivity contribution in [1.82, 2.24) is 9.78 Å². The van der Waals surface area contributed by atoms with E-state index in [4.69, 9.17) is 0 Å². The lowest BCUT2D eigenvalue weighted by atomic mass is 9.96. The fraction of sp³-hybridized carbons (Fsp3) is 0.357. The number of hydrogen-bond acceptors (Lipinski definition) is 5. The van der Waals surface area contributed by atoms with Crippen molar-refractivity contribution < 1.29 is 9.85 Å². The summed E-state index contributed by atoms with van der Waals surface area (Å²) < 4.78 is 1.54. The first kappa shape index (κ1) is 14.2. The number of aryl methyl sites for hydroxylation is 1. The van der Waals surface area contributed by atoms with Gasteiger partial charge in [0, 0.05) is 11.8 Å². The summed E-state index contributed by atoms with van der Waals surface area (Å²) in [6.07, 6.45) is 3.93. The van der Waals surface area contributed by atoms with Crippen molar-refractivity contribution in [2.45, 2.75) is 32.6 Å². The van der Waals surface area contributed by atoms with Gasteiger partial charge in [-0.25, -0.2) is 4.68 Å². The van der Waals surface area contributed by atoms with Crippen LogP contribution >= 0.6 is 0 Å². The maximum absolute atomic E-state index is 11.3. The zero-order chi connectivity index (χ0) is 15.9. The normalized spacial score (nSPS) is 13.7. The van der Waals surface area contributed by atoms with Crippen molar-refractivity contribution in [3.63, 3.8) is 0 Å². The summed E-state index contributed by atoms with van der Waals surface area (Å²) in [4.78, 5) is 20.8. The Bertz CT molecular complexity index is 781. The Balaban J connectivity index is 2.18. The maximum atomic E-state index is 11.3. The van der Waals surface area contributed by atoms with Gasteiger partial charge in [-0.3, -0.25) is 20.2 Å². The predicted octanol–water partition coefficient (Wildman–Crippen LogP) is 2.88. The summed E-state index contributed by atoms with van der Waals surface area (Å²) in [7, 11) is 0. The molecule has 3 rings (SSSR count). The van der Waals surface area contributed by atoms with Crippen LogP contribution in [0.25, 0.3) is 5.69 Å². The third kappa shape index (κ3) is 2.22. The van der Waals surface area contributed by atoms with Crippen molar-refractivity contribution in [2.75, 3.05) is 0 Å². The van der Waals surface area contributed by atoms with E-state index in [2.05, 4.69) is 5.10 Å². The van der Waals surface area contributed by atoms with Crippen LogP contribution in [0.15, 0.2) is 18.2 Å². The molecule has 1 aromatic heterocycles. The van der Waals surface area contributed by atoms with Crippen LogP contribution in [-0.2, 0) is 12.8 Å². The number of fused-ring (bicyclic) bond motifs is 1. The Labute approximate surface area is 125 Å². The van der Waals surface area contributed by atoms with Crippen LogP contribution < -0.4 is 0 Å². The number of nitro benzene ring substituents is 2. The molecule has 0 N–H and O–H groups in total. The summed E-state index contributed by atoms with van der Waals surface area (Å²) in [5.74, 6) is 0. The molecule has 8 heteroatoms. The lowest BCUT2D eigenvalue weighted by molar-refractivity contribution is -0.394. The van der Waals surface area contributed by atoms with Crippen LogP contribution in [0, 0.1) is 27.2 Å². The van der Waals surface area contributed by atoms with Crippen molar-refractivity contribution in [3.8, 4) is 5.69 Å². The molecular formula is C14H14N4O4. The fourth-order valence-corrected chi connectivity index (χ4v) is 2.90. The van der Waals surface area contributed by atoms with Gasteiger partial charge in [0.05, 0.1) is 21.6 Å². The van der Waals surface area contributed by atoms with Gasteiger partial charge in [0.15, 0.2) is 0 Å². The molecule has 8 nitrogen and oxygen atoms in total. The van der Waals surface area contributed by atoms with Crippen molar-refractivity contribution in [1.29, 1.82) is 0 Å². The van der Waals surface area contributed by atoms with Gasteiger partial charge in [0.2, 0.25) is 0 Å². The highest BCUT2D eigenvalue weighted by molar-refractivity contribution is 5.58. The standard InChI is InChI=1S/C14H14N4O4/c1-9-11-4-2-3-5-12(11)15-16(9)13-7-6-10(17(19)20)8-14(13)18(21)22/h6-8H,2-5H2,1H3. The lowest BCUT2D eigenvalue weighted by Crippen LogP contribution is -2.04. The van der Waals surface area contributed by atoms with E-state index in [9.17, 15) is 20.2 Å². The van der Waals surface area contributed by atoms with Crippen molar-refractivity contribution in [3.05, 3.63) is 55.4 Å². The van der Waals surface area contributed by atoms with Gasteiger partial charge < -0.3 is 0 Å². The summed E-state index contributed by atoms with van der Waals surface area (Å²) >= 11 is 0. The molecule has 0 spiro atoms. The molecule has 0 aliphatic heterocycles. The van der Waals surface area contributed by atoms with Crippen molar-refractivity contribution in [2.24, 2.45) is 0 Å². The zero-order valence-electron chi connectivity index (χ0n) is 12.0. The van der Waals surface area contributed by atoms with Crippen LogP contribution in [0.2, 0.25) is 0 Å². The summed E-state index contributed by atoms with van der Waals surface area (Å²) in [6, 6.07) is 3.64. The van der Waals surface area contributed by atoms with Crippen LogP contribution in [-0.4, -0.2) is 19.6 Å². The van der Waals surface area contributed by atoms with E-state index in [1.807, 2.05) is 6.92 Å². The molecule has 1 aliphatic rings. The number of benzene rings is 1. The lowest BCUT2D eigenvalue weighted by Gasteiger charge is -2.09. The third-order valence-corrected chi connectivity index (χ3v) is 4.01. The molecule has 0 unspecified atom stereocenters. The van der Waals surface area contributed by atoms with Gasteiger partial charge in [0.1, 0.15) is 5.69 Å². The number of nitro groups is 2. The molecule has 0 radical (unpaired) electrons. The Morgan fingerprint density at radius 2 is 1.86 bits per heavy atom. The summed E-state index contributed by atoms with van der Waals surface area (Å²) in [5, 5.41) is 26.6. The molecule has 0 fully saturated rings. The predicted molar refractivity (Wildman–Crippen MR) is 78.3 cm³/mol. The van der Waals surface area contributed by atoms with E-state index in [0.717, 1.165) is 48.7 Å². The van der Waals surface area contributed by atoms with E-state index in [0.29, 0.717) is 0 Å². The van der Waals surface area contributed by atoms with Crippen LogP contribution in [0.1, 0.15) is 29.8 Å². The number of rotatable bonds is 3. The fourth-order valence-electron chi connectivity index (χ4n) is 2.90. The average Bonchev–Trinajstić information content (AvgIpc) is 2.84. The van der Waals surface area contributed by atoms with Gasteiger partial charge in [-0.2, -0.15) is 5.10 Å². The van der Waals surface area contributed by atoms with Crippen LogP contribution in [0.4, 0.5) is 11.4 Å². The quantitative estimate of drug-likeness (QED) is 0.640. The second kappa shape index (κ2) is 5.21. The molecule has 0 bridgehead atoms. The molecule has 0 atom stereocenters. The molecule has 1 aliphatic carbocycles. The van der Waals surface area contributed by atoms with Crippen LogP contribution in [0.5, 0.6) is 0 Å². The highest BCUT2D eigenvalue weighted by Crippen LogP contribution is 2.31. The molecular weight excluding hydrogens is 288 g/mol. The average molecular weight is 302 g/mol. The van der Waals surface area contributed by atoms with Gasteiger partial charge >= 0.3 is 5.69 Å². The third-order valence-electron chi connectivity index (χ3n) is 4.01. The molecule has 1 heterocycles. The first-order chi connectivity index (χ1) is 10.5. The van der Waals surface area contributed by atoms with Gasteiger partial charge in [0.25, 0.3) is 5.69 Å². The number of hydrogen-bond donors (Lipinski definition) is 0. The molecule has 22 heavy (non-hydrogen) atoms. The minimum Gasteiger partial charge on any atom is -0.258 e. The molecule has 0 amide bonds. The van der Waals surface area contributed by atoms with E-state index < -0.39 is 9.85 Å². The molecule has 0 saturated carbocycles. The van der Waals surface area contributed by atoms with Crippen LogP contribution in [0.3, 0.4) is 0 Å². The van der Waals surface area contributed by atoms with E-state index in [-0.39, 0.29) is 17.1 Å². The molecule has 0 saturated heterocycles.